The van der Waals surface area contributed by atoms with Gasteiger partial charge in [0.25, 0.3) is 0 Å². The summed E-state index contributed by atoms with van der Waals surface area (Å²) in [6.07, 6.45) is -0.610. The predicted octanol–water partition coefficient (Wildman–Crippen LogP) is -0.0784. The van der Waals surface area contributed by atoms with Gasteiger partial charge in [-0.3, -0.25) is 10.6 Å². The van der Waals surface area contributed by atoms with Gasteiger partial charge in [0.05, 0.1) is 0 Å². The molecule has 4 N–H and O–H groups in total. The molecule has 0 spiro atoms. The van der Waals surface area contributed by atoms with E-state index < -0.39 is 17.7 Å². The van der Waals surface area contributed by atoms with E-state index in [9.17, 15) is 9.59 Å². The number of carboxylic acid groups (broad SMARTS) is 2. The minimum absolute atomic E-state index is 0. The van der Waals surface area contributed by atoms with E-state index in [1.807, 2.05) is 0 Å². The maximum absolute atomic E-state index is 10.6. The molecule has 1 amide bonds. The van der Waals surface area contributed by atoms with E-state index in [0.29, 0.717) is 6.42 Å². The van der Waals surface area contributed by atoms with Crippen LogP contribution < -0.4 is 5.73 Å². The van der Waals surface area contributed by atoms with Gasteiger partial charge < -0.3 is 10.2 Å². The molecule has 1 saturated heterocycles. The van der Waals surface area contributed by atoms with Crippen LogP contribution in [0.3, 0.4) is 0 Å². The summed E-state index contributed by atoms with van der Waals surface area (Å²) in [6.45, 7) is 0.193. The highest BCUT2D eigenvalue weighted by Gasteiger charge is 2.47. The van der Waals surface area contributed by atoms with Crippen molar-refractivity contribution in [2.45, 2.75) is 18.5 Å². The minimum atomic E-state index is -1.72. The molecule has 0 radical (unpaired) electrons. The van der Waals surface area contributed by atoms with Crippen molar-refractivity contribution < 1.29 is 19.8 Å². The third-order valence-corrected chi connectivity index (χ3v) is 2.02. The maximum Gasteiger partial charge on any atom is 0.409 e. The molecule has 1 aliphatic heterocycles. The van der Waals surface area contributed by atoms with Crippen LogP contribution in [0.4, 0.5) is 4.79 Å². The standard InChI is InChI=1S/C6H10N2O4.ClH/c7-6(4(9)10)2-1-3-8(6)5(11)12;/h1-3,7H2,(H,9,10)(H,11,12);1H. The summed E-state index contributed by atoms with van der Waals surface area (Å²) in [7, 11) is 0. The molecule has 0 aliphatic carbocycles. The van der Waals surface area contributed by atoms with Crippen LogP contribution in [0.15, 0.2) is 0 Å². The molecule has 7 heteroatoms. The Kier molecular flexibility index (Phi) is 3.50. The number of likely N-dealkylation sites (tertiary alicyclic amines) is 1. The molecular formula is C6H11ClN2O4. The molecule has 13 heavy (non-hydrogen) atoms. The first-order valence-corrected chi connectivity index (χ1v) is 3.51. The van der Waals surface area contributed by atoms with Gasteiger partial charge in [0.1, 0.15) is 0 Å². The van der Waals surface area contributed by atoms with Gasteiger partial charge in [-0.2, -0.15) is 0 Å². The number of nitrogens with zero attached hydrogens (tertiary/aromatic N) is 1. The minimum Gasteiger partial charge on any atom is -0.478 e. The van der Waals surface area contributed by atoms with Crippen LogP contribution in [0.5, 0.6) is 0 Å². The Morgan fingerprint density at radius 3 is 2.23 bits per heavy atom. The Hall–Kier alpha value is -1.01. The van der Waals surface area contributed by atoms with E-state index >= 15 is 0 Å². The first kappa shape index (κ1) is 12.0. The summed E-state index contributed by atoms with van der Waals surface area (Å²) >= 11 is 0. The molecule has 6 nitrogen and oxygen atoms in total. The maximum atomic E-state index is 10.6. The quantitative estimate of drug-likeness (QED) is 0.562. The highest BCUT2D eigenvalue weighted by molar-refractivity contribution is 5.85. The van der Waals surface area contributed by atoms with Gasteiger partial charge in [-0.1, -0.05) is 0 Å². The fourth-order valence-electron chi connectivity index (χ4n) is 1.33. The zero-order valence-electron chi connectivity index (χ0n) is 6.77. The predicted molar refractivity (Wildman–Crippen MR) is 45.8 cm³/mol. The van der Waals surface area contributed by atoms with Gasteiger partial charge in [-0.05, 0) is 12.8 Å². The third kappa shape index (κ3) is 1.84. The SMILES string of the molecule is Cl.NC1(C(=O)O)CCCN1C(=O)O. The molecule has 1 heterocycles. The van der Waals surface area contributed by atoms with Crippen molar-refractivity contribution in [3.8, 4) is 0 Å². The van der Waals surface area contributed by atoms with Crippen molar-refractivity contribution in [1.82, 2.24) is 4.90 Å². The van der Waals surface area contributed by atoms with Crippen LogP contribution in [0, 0.1) is 0 Å². The van der Waals surface area contributed by atoms with Gasteiger partial charge in [0.15, 0.2) is 5.66 Å². The molecule has 1 unspecified atom stereocenters. The van der Waals surface area contributed by atoms with Gasteiger partial charge >= 0.3 is 12.1 Å². The summed E-state index contributed by atoms with van der Waals surface area (Å²) in [5.74, 6) is -1.29. The molecule has 0 bridgehead atoms. The average molecular weight is 211 g/mol. The molecule has 1 fully saturated rings. The second kappa shape index (κ2) is 3.80. The van der Waals surface area contributed by atoms with E-state index in [1.165, 1.54) is 0 Å². The second-order valence-electron chi connectivity index (χ2n) is 2.77. The Labute approximate surface area is 80.7 Å². The molecule has 76 valence electrons. The Balaban J connectivity index is 0.00000144. The summed E-state index contributed by atoms with van der Waals surface area (Å²) in [5, 5.41) is 17.2. The van der Waals surface area contributed by atoms with Crippen molar-refractivity contribution in [1.29, 1.82) is 0 Å². The van der Waals surface area contributed by atoms with Gasteiger partial charge in [-0.15, -0.1) is 12.4 Å². The van der Waals surface area contributed by atoms with Crippen LogP contribution in [0.2, 0.25) is 0 Å². The van der Waals surface area contributed by atoms with Crippen LogP contribution in [0.1, 0.15) is 12.8 Å². The van der Waals surface area contributed by atoms with E-state index in [0.717, 1.165) is 4.90 Å². The molecule has 0 aromatic rings. The van der Waals surface area contributed by atoms with Gasteiger partial charge in [0, 0.05) is 6.54 Å². The monoisotopic (exact) mass is 210 g/mol. The smallest absolute Gasteiger partial charge is 0.409 e. The van der Waals surface area contributed by atoms with Crippen molar-refractivity contribution in [2.75, 3.05) is 6.54 Å². The molecule has 0 aromatic carbocycles. The first-order chi connectivity index (χ1) is 5.48. The number of hydrogen-bond acceptors (Lipinski definition) is 3. The van der Waals surface area contributed by atoms with E-state index in [4.69, 9.17) is 15.9 Å². The van der Waals surface area contributed by atoms with Gasteiger partial charge in [0.2, 0.25) is 0 Å². The third-order valence-electron chi connectivity index (χ3n) is 2.02. The number of rotatable bonds is 1. The van der Waals surface area contributed by atoms with E-state index in [-0.39, 0.29) is 25.4 Å². The Morgan fingerprint density at radius 1 is 1.38 bits per heavy atom. The zero-order valence-corrected chi connectivity index (χ0v) is 7.58. The lowest BCUT2D eigenvalue weighted by molar-refractivity contribution is -0.148. The van der Waals surface area contributed by atoms with Crippen LogP contribution in [0.25, 0.3) is 0 Å². The lowest BCUT2D eigenvalue weighted by atomic mass is 10.1. The Bertz CT molecular complexity index is 235. The lowest BCUT2D eigenvalue weighted by Gasteiger charge is -2.27. The Morgan fingerprint density at radius 2 is 1.92 bits per heavy atom. The highest BCUT2D eigenvalue weighted by Crippen LogP contribution is 2.24. The molecule has 1 atom stereocenters. The van der Waals surface area contributed by atoms with Crippen molar-refractivity contribution in [3.63, 3.8) is 0 Å². The van der Waals surface area contributed by atoms with E-state index in [2.05, 4.69) is 0 Å². The molecule has 1 aliphatic rings. The first-order valence-electron chi connectivity index (χ1n) is 3.51. The lowest BCUT2D eigenvalue weighted by Crippen LogP contribution is -2.59. The summed E-state index contributed by atoms with van der Waals surface area (Å²) in [4.78, 5) is 21.9. The summed E-state index contributed by atoms with van der Waals surface area (Å²) < 4.78 is 0. The summed E-state index contributed by atoms with van der Waals surface area (Å²) in [6, 6.07) is 0. The van der Waals surface area contributed by atoms with E-state index in [1.54, 1.807) is 0 Å². The zero-order chi connectivity index (χ0) is 9.35. The molecule has 0 saturated carbocycles. The van der Waals surface area contributed by atoms with Crippen LogP contribution in [-0.4, -0.2) is 39.4 Å². The van der Waals surface area contributed by atoms with Crippen LogP contribution in [-0.2, 0) is 4.79 Å². The molecule has 0 aromatic heterocycles. The summed E-state index contributed by atoms with van der Waals surface area (Å²) in [5.41, 5.74) is 3.68. The number of carboxylic acids is 1. The number of nitrogens with two attached hydrogens (primary N) is 1. The second-order valence-corrected chi connectivity index (χ2v) is 2.77. The fraction of sp³-hybridized carbons (Fsp3) is 0.667. The topological polar surface area (TPSA) is 104 Å². The number of amides is 1. The van der Waals surface area contributed by atoms with Crippen molar-refractivity contribution in [2.24, 2.45) is 5.73 Å². The normalized spacial score (nSPS) is 26.7. The number of halogens is 1. The number of aliphatic carboxylic acids is 1. The number of carbonyl (C=O) groups is 2. The fourth-order valence-corrected chi connectivity index (χ4v) is 1.33. The average Bonchev–Trinajstić information content (AvgIpc) is 2.32. The molecular weight excluding hydrogens is 200 g/mol. The number of hydrogen-bond donors (Lipinski definition) is 3. The highest BCUT2D eigenvalue weighted by atomic mass is 35.5. The van der Waals surface area contributed by atoms with Crippen molar-refractivity contribution in [3.05, 3.63) is 0 Å². The van der Waals surface area contributed by atoms with Crippen LogP contribution >= 0.6 is 12.4 Å². The largest absolute Gasteiger partial charge is 0.478 e. The van der Waals surface area contributed by atoms with Gasteiger partial charge in [-0.25, -0.2) is 9.59 Å². The van der Waals surface area contributed by atoms with Crippen molar-refractivity contribution >= 4 is 24.5 Å². The molecule has 1 rings (SSSR count).